The third kappa shape index (κ3) is 2.16. The normalized spacial score (nSPS) is 19.8. The fraction of sp³-hybridized carbons (Fsp3) is 0.600. The van der Waals surface area contributed by atoms with Crippen molar-refractivity contribution in [3.63, 3.8) is 0 Å². The minimum absolute atomic E-state index is 0.220. The zero-order valence-corrected chi connectivity index (χ0v) is 9.13. The van der Waals surface area contributed by atoms with Crippen molar-refractivity contribution in [2.75, 3.05) is 13.2 Å². The van der Waals surface area contributed by atoms with Gasteiger partial charge in [-0.05, 0) is 12.8 Å². The Labute approximate surface area is 95.9 Å². The van der Waals surface area contributed by atoms with Crippen molar-refractivity contribution in [2.24, 2.45) is 0 Å². The Bertz CT molecular complexity index is 516. The van der Waals surface area contributed by atoms with Gasteiger partial charge in [0.1, 0.15) is 6.23 Å². The van der Waals surface area contributed by atoms with Crippen LogP contribution in [0.3, 0.4) is 0 Å². The number of halogens is 1. The molecule has 1 aliphatic rings. The fourth-order valence-electron chi connectivity index (χ4n) is 1.87. The summed E-state index contributed by atoms with van der Waals surface area (Å²) in [5.74, 6) is -1.02. The van der Waals surface area contributed by atoms with Crippen molar-refractivity contribution in [1.29, 1.82) is 0 Å². The summed E-state index contributed by atoms with van der Waals surface area (Å²) in [6.45, 7) is -0.107. The van der Waals surface area contributed by atoms with Crippen molar-refractivity contribution in [2.45, 2.75) is 25.6 Å². The summed E-state index contributed by atoms with van der Waals surface area (Å²) in [6, 6.07) is 0. The maximum Gasteiger partial charge on any atom is 0.333 e. The summed E-state index contributed by atoms with van der Waals surface area (Å²) in [6.07, 6.45) is 1.74. The molecular weight excluding hydrogens is 231 g/mol. The van der Waals surface area contributed by atoms with Crippen LogP contribution in [0.4, 0.5) is 4.39 Å². The molecular formula is C10H13FN2O4. The first-order valence-corrected chi connectivity index (χ1v) is 5.39. The summed E-state index contributed by atoms with van der Waals surface area (Å²) in [7, 11) is 0. The van der Waals surface area contributed by atoms with Crippen molar-refractivity contribution in [3.8, 4) is 0 Å². The second-order valence-corrected chi connectivity index (χ2v) is 3.81. The molecule has 1 fully saturated rings. The van der Waals surface area contributed by atoms with Gasteiger partial charge in [-0.25, -0.2) is 4.79 Å². The van der Waals surface area contributed by atoms with Crippen molar-refractivity contribution >= 4 is 0 Å². The Morgan fingerprint density at radius 2 is 2.29 bits per heavy atom. The van der Waals surface area contributed by atoms with E-state index < -0.39 is 29.9 Å². The minimum atomic E-state index is -1.02. The molecule has 0 amide bonds. The quantitative estimate of drug-likeness (QED) is 0.774. The van der Waals surface area contributed by atoms with E-state index >= 15 is 0 Å². The van der Waals surface area contributed by atoms with Gasteiger partial charge in [-0.1, -0.05) is 0 Å². The van der Waals surface area contributed by atoms with E-state index in [1.807, 2.05) is 0 Å². The van der Waals surface area contributed by atoms with Crippen molar-refractivity contribution in [1.82, 2.24) is 9.13 Å². The Morgan fingerprint density at radius 3 is 2.88 bits per heavy atom. The third-order valence-electron chi connectivity index (χ3n) is 2.69. The van der Waals surface area contributed by atoms with Gasteiger partial charge in [0.05, 0.1) is 19.3 Å². The first-order valence-electron chi connectivity index (χ1n) is 5.39. The molecule has 1 unspecified atom stereocenters. The van der Waals surface area contributed by atoms with Crippen molar-refractivity contribution < 1.29 is 14.2 Å². The number of hydrogen-bond acceptors (Lipinski definition) is 4. The largest absolute Gasteiger partial charge is 0.395 e. The maximum absolute atomic E-state index is 13.4. The van der Waals surface area contributed by atoms with Gasteiger partial charge >= 0.3 is 5.69 Å². The van der Waals surface area contributed by atoms with Crippen LogP contribution >= 0.6 is 0 Å². The molecule has 0 spiro atoms. The highest BCUT2D eigenvalue weighted by molar-refractivity contribution is 4.92. The lowest BCUT2D eigenvalue weighted by Crippen LogP contribution is -2.43. The van der Waals surface area contributed by atoms with Crippen LogP contribution in [0.2, 0.25) is 0 Å². The molecule has 1 aliphatic heterocycles. The summed E-state index contributed by atoms with van der Waals surface area (Å²) >= 11 is 0. The van der Waals surface area contributed by atoms with Crippen LogP contribution in [-0.4, -0.2) is 27.5 Å². The van der Waals surface area contributed by atoms with E-state index in [1.165, 1.54) is 0 Å². The van der Waals surface area contributed by atoms with E-state index in [9.17, 15) is 14.0 Å². The molecule has 6 nitrogen and oxygen atoms in total. The third-order valence-corrected chi connectivity index (χ3v) is 2.69. The highest BCUT2D eigenvalue weighted by atomic mass is 19.1. The topological polar surface area (TPSA) is 73.5 Å². The van der Waals surface area contributed by atoms with E-state index in [2.05, 4.69) is 0 Å². The van der Waals surface area contributed by atoms with Crippen LogP contribution in [-0.2, 0) is 11.3 Å². The molecule has 1 saturated heterocycles. The number of aliphatic hydroxyl groups excluding tert-OH is 1. The molecule has 1 aromatic rings. The van der Waals surface area contributed by atoms with E-state index in [0.717, 1.165) is 17.2 Å². The van der Waals surface area contributed by atoms with Crippen LogP contribution in [0.1, 0.15) is 19.1 Å². The molecule has 1 atom stereocenters. The number of rotatable bonds is 3. The Kier molecular flexibility index (Phi) is 3.39. The number of nitrogens with zero attached hydrogens (tertiary/aromatic N) is 2. The molecule has 0 radical (unpaired) electrons. The Hall–Kier alpha value is -1.47. The summed E-state index contributed by atoms with van der Waals surface area (Å²) in [4.78, 5) is 23.3. The van der Waals surface area contributed by atoms with Crippen LogP contribution in [0.15, 0.2) is 15.8 Å². The average molecular weight is 244 g/mol. The molecule has 7 heteroatoms. The summed E-state index contributed by atoms with van der Waals surface area (Å²) in [5.41, 5.74) is -1.67. The van der Waals surface area contributed by atoms with Gasteiger partial charge in [-0.15, -0.1) is 0 Å². The van der Waals surface area contributed by atoms with E-state index in [-0.39, 0.29) is 6.54 Å². The molecule has 0 saturated carbocycles. The lowest BCUT2D eigenvalue weighted by atomic mass is 10.3. The van der Waals surface area contributed by atoms with Gasteiger partial charge in [0.15, 0.2) is 0 Å². The summed E-state index contributed by atoms with van der Waals surface area (Å²) < 4.78 is 20.4. The number of hydrogen-bond donors (Lipinski definition) is 1. The maximum atomic E-state index is 13.4. The predicted octanol–water partition coefficient (Wildman–Crippen LogP) is -0.550. The van der Waals surface area contributed by atoms with Gasteiger partial charge in [-0.3, -0.25) is 13.9 Å². The highest BCUT2D eigenvalue weighted by Crippen LogP contribution is 2.20. The molecule has 1 aromatic heterocycles. The molecule has 94 valence electrons. The average Bonchev–Trinajstić information content (AvgIpc) is 2.83. The zero-order chi connectivity index (χ0) is 12.4. The SMILES string of the molecule is O=c1c(F)cn(C2CCCO2)c(=O)n1CCO. The minimum Gasteiger partial charge on any atom is -0.395 e. The summed E-state index contributed by atoms with van der Waals surface area (Å²) in [5, 5.41) is 8.75. The second-order valence-electron chi connectivity index (χ2n) is 3.81. The van der Waals surface area contributed by atoms with Gasteiger partial charge in [-0.2, -0.15) is 4.39 Å². The highest BCUT2D eigenvalue weighted by Gasteiger charge is 2.21. The standard InChI is InChI=1S/C10H13FN2O4/c11-7-6-13(8-2-1-5-17-8)10(16)12(3-4-14)9(7)15/h6,8,14H,1-5H2. The van der Waals surface area contributed by atoms with E-state index in [0.29, 0.717) is 17.6 Å². The lowest BCUT2D eigenvalue weighted by molar-refractivity contribution is 0.0500. The molecule has 0 aliphatic carbocycles. The lowest BCUT2D eigenvalue weighted by Gasteiger charge is -2.14. The van der Waals surface area contributed by atoms with Gasteiger partial charge in [0.25, 0.3) is 5.56 Å². The number of aromatic nitrogens is 2. The Morgan fingerprint density at radius 1 is 1.53 bits per heavy atom. The molecule has 2 rings (SSSR count). The molecule has 17 heavy (non-hydrogen) atoms. The van der Waals surface area contributed by atoms with E-state index in [1.54, 1.807) is 0 Å². The van der Waals surface area contributed by atoms with Crippen LogP contribution < -0.4 is 11.2 Å². The van der Waals surface area contributed by atoms with Crippen LogP contribution in [0, 0.1) is 5.82 Å². The monoisotopic (exact) mass is 244 g/mol. The molecule has 1 N–H and O–H groups in total. The molecule has 2 heterocycles. The van der Waals surface area contributed by atoms with Gasteiger partial charge < -0.3 is 9.84 Å². The van der Waals surface area contributed by atoms with Gasteiger partial charge in [0, 0.05) is 6.61 Å². The smallest absolute Gasteiger partial charge is 0.333 e. The zero-order valence-electron chi connectivity index (χ0n) is 9.13. The Balaban J connectivity index is 2.53. The first kappa shape index (κ1) is 12.0. The molecule has 0 aromatic carbocycles. The van der Waals surface area contributed by atoms with Crippen molar-refractivity contribution in [3.05, 3.63) is 32.9 Å². The molecule has 0 bridgehead atoms. The first-order chi connectivity index (χ1) is 8.15. The predicted molar refractivity (Wildman–Crippen MR) is 56.2 cm³/mol. The van der Waals surface area contributed by atoms with Crippen LogP contribution in [0.25, 0.3) is 0 Å². The van der Waals surface area contributed by atoms with E-state index in [4.69, 9.17) is 9.84 Å². The van der Waals surface area contributed by atoms with Gasteiger partial charge in [0.2, 0.25) is 5.82 Å². The second kappa shape index (κ2) is 4.80. The fourth-order valence-corrected chi connectivity index (χ4v) is 1.87. The number of ether oxygens (including phenoxy) is 1. The number of aliphatic hydroxyl groups is 1. The van der Waals surface area contributed by atoms with Crippen LogP contribution in [0.5, 0.6) is 0 Å².